The Morgan fingerprint density at radius 1 is 1.29 bits per heavy atom. The molecule has 0 fully saturated rings. The van der Waals surface area contributed by atoms with Crippen molar-refractivity contribution in [2.45, 2.75) is 39.7 Å². The van der Waals surface area contributed by atoms with Crippen molar-refractivity contribution in [1.29, 1.82) is 0 Å². The first kappa shape index (κ1) is 12.4. The van der Waals surface area contributed by atoms with Gasteiger partial charge in [0.25, 0.3) is 0 Å². The van der Waals surface area contributed by atoms with Crippen molar-refractivity contribution in [2.24, 2.45) is 5.92 Å². The molecule has 0 spiro atoms. The quantitative estimate of drug-likeness (QED) is 0.840. The molecule has 0 aliphatic heterocycles. The maximum Gasteiger partial charge on any atom is 0.117 e. The number of nitrogens with zero attached hydrogens (tertiary/aromatic N) is 1. The molecule has 2 unspecified atom stereocenters. The van der Waals surface area contributed by atoms with E-state index in [4.69, 9.17) is 0 Å². The van der Waals surface area contributed by atoms with E-state index in [9.17, 15) is 0 Å². The number of anilines is 1. The van der Waals surface area contributed by atoms with E-state index in [2.05, 4.69) is 48.7 Å². The minimum atomic E-state index is 0.508. The van der Waals surface area contributed by atoms with Crippen LogP contribution in [0.4, 0.5) is 5.00 Å². The van der Waals surface area contributed by atoms with Gasteiger partial charge in [-0.2, -0.15) is 4.37 Å². The molecule has 0 amide bonds. The molecule has 2 rings (SSSR count). The molecule has 1 heterocycles. The van der Waals surface area contributed by atoms with Gasteiger partial charge in [0.1, 0.15) is 5.00 Å². The Bertz CT molecular complexity index is 478. The number of hydrogen-bond acceptors (Lipinski definition) is 3. The third-order valence-corrected chi connectivity index (χ3v) is 4.02. The van der Waals surface area contributed by atoms with Crippen LogP contribution in [-0.2, 0) is 0 Å². The fourth-order valence-electron chi connectivity index (χ4n) is 2.05. The van der Waals surface area contributed by atoms with Gasteiger partial charge in [0.15, 0.2) is 0 Å². The smallest absolute Gasteiger partial charge is 0.117 e. The Kier molecular flexibility index (Phi) is 4.00. The largest absolute Gasteiger partial charge is 0.373 e. The number of aromatic nitrogens is 1. The highest BCUT2D eigenvalue weighted by molar-refractivity contribution is 7.11. The standard InChI is InChI=1S/C14H20N2S/c1-4-10(2)9-11(3)15-14-12-7-5-6-8-13(12)16-17-14/h5-8,10-11,15H,4,9H2,1-3H3. The fraction of sp³-hybridized carbons (Fsp3) is 0.500. The second-order valence-corrected chi connectivity index (χ2v) is 5.60. The molecule has 0 saturated carbocycles. The highest BCUT2D eigenvalue weighted by Gasteiger charge is 2.10. The number of nitrogens with one attached hydrogen (secondary N) is 1. The van der Waals surface area contributed by atoms with Crippen molar-refractivity contribution >= 4 is 27.4 Å². The van der Waals surface area contributed by atoms with Gasteiger partial charge in [-0.15, -0.1) is 0 Å². The monoisotopic (exact) mass is 248 g/mol. The lowest BCUT2D eigenvalue weighted by atomic mass is 10.0. The Balaban J connectivity index is 2.08. The van der Waals surface area contributed by atoms with E-state index >= 15 is 0 Å². The van der Waals surface area contributed by atoms with Gasteiger partial charge in [0.05, 0.1) is 5.52 Å². The summed E-state index contributed by atoms with van der Waals surface area (Å²) in [5, 5.41) is 6.04. The molecule has 2 atom stereocenters. The van der Waals surface area contributed by atoms with Gasteiger partial charge < -0.3 is 5.32 Å². The van der Waals surface area contributed by atoms with Gasteiger partial charge in [-0.3, -0.25) is 0 Å². The van der Waals surface area contributed by atoms with E-state index in [1.54, 1.807) is 11.5 Å². The van der Waals surface area contributed by atoms with Crippen LogP contribution in [-0.4, -0.2) is 10.4 Å². The summed E-state index contributed by atoms with van der Waals surface area (Å²) in [5.41, 5.74) is 1.09. The lowest BCUT2D eigenvalue weighted by Gasteiger charge is -2.17. The van der Waals surface area contributed by atoms with Crippen LogP contribution >= 0.6 is 11.5 Å². The number of benzene rings is 1. The maximum absolute atomic E-state index is 4.45. The van der Waals surface area contributed by atoms with E-state index in [1.165, 1.54) is 23.2 Å². The molecule has 1 aromatic heterocycles. The Morgan fingerprint density at radius 3 is 2.82 bits per heavy atom. The normalized spacial score (nSPS) is 14.8. The molecule has 0 aliphatic rings. The van der Waals surface area contributed by atoms with Crippen LogP contribution in [0.25, 0.3) is 10.9 Å². The van der Waals surface area contributed by atoms with Gasteiger partial charge in [-0.05, 0) is 42.9 Å². The molecule has 2 nitrogen and oxygen atoms in total. The first-order chi connectivity index (χ1) is 8.20. The van der Waals surface area contributed by atoms with E-state index in [0.717, 1.165) is 11.4 Å². The molecule has 1 aromatic carbocycles. The molecule has 0 aliphatic carbocycles. The minimum absolute atomic E-state index is 0.508. The molecular formula is C14H20N2S. The van der Waals surface area contributed by atoms with Crippen molar-refractivity contribution < 1.29 is 0 Å². The van der Waals surface area contributed by atoms with Crippen LogP contribution in [0.3, 0.4) is 0 Å². The molecule has 0 saturated heterocycles. The SMILES string of the molecule is CCC(C)CC(C)Nc1snc2ccccc12. The second kappa shape index (κ2) is 5.50. The first-order valence-corrected chi connectivity index (χ1v) is 7.09. The van der Waals surface area contributed by atoms with Gasteiger partial charge in [0, 0.05) is 11.4 Å². The van der Waals surface area contributed by atoms with Crippen molar-refractivity contribution in [3.63, 3.8) is 0 Å². The summed E-state index contributed by atoms with van der Waals surface area (Å²) in [6, 6.07) is 8.82. The number of hydrogen-bond donors (Lipinski definition) is 1. The van der Waals surface area contributed by atoms with E-state index < -0.39 is 0 Å². The molecule has 17 heavy (non-hydrogen) atoms. The van der Waals surface area contributed by atoms with Gasteiger partial charge in [-0.25, -0.2) is 0 Å². The molecule has 1 N–H and O–H groups in total. The summed E-state index contributed by atoms with van der Waals surface area (Å²) in [4.78, 5) is 0. The van der Waals surface area contributed by atoms with E-state index in [-0.39, 0.29) is 0 Å². The molecule has 3 heteroatoms. The second-order valence-electron chi connectivity index (χ2n) is 4.82. The van der Waals surface area contributed by atoms with Crippen molar-refractivity contribution in [1.82, 2.24) is 4.37 Å². The average Bonchev–Trinajstić information content (AvgIpc) is 2.72. The molecule has 2 aromatic rings. The highest BCUT2D eigenvalue weighted by Crippen LogP contribution is 2.28. The highest BCUT2D eigenvalue weighted by atomic mass is 32.1. The van der Waals surface area contributed by atoms with Crippen LogP contribution in [0.5, 0.6) is 0 Å². The van der Waals surface area contributed by atoms with Crippen molar-refractivity contribution in [3.05, 3.63) is 24.3 Å². The zero-order valence-corrected chi connectivity index (χ0v) is 11.6. The zero-order chi connectivity index (χ0) is 12.3. The minimum Gasteiger partial charge on any atom is -0.373 e. The van der Waals surface area contributed by atoms with Gasteiger partial charge in [-0.1, -0.05) is 32.4 Å². The lowest BCUT2D eigenvalue weighted by molar-refractivity contribution is 0.484. The summed E-state index contributed by atoms with van der Waals surface area (Å²) in [5.74, 6) is 0.775. The summed E-state index contributed by atoms with van der Waals surface area (Å²) >= 11 is 1.56. The molecular weight excluding hydrogens is 228 g/mol. The topological polar surface area (TPSA) is 24.9 Å². The van der Waals surface area contributed by atoms with E-state index in [1.807, 2.05) is 6.07 Å². The molecule has 0 bridgehead atoms. The summed E-state index contributed by atoms with van der Waals surface area (Å²) < 4.78 is 4.45. The lowest BCUT2D eigenvalue weighted by Crippen LogP contribution is -2.17. The fourth-order valence-corrected chi connectivity index (χ4v) is 2.92. The van der Waals surface area contributed by atoms with Gasteiger partial charge >= 0.3 is 0 Å². The first-order valence-electron chi connectivity index (χ1n) is 6.31. The van der Waals surface area contributed by atoms with E-state index in [0.29, 0.717) is 6.04 Å². The van der Waals surface area contributed by atoms with Crippen LogP contribution < -0.4 is 5.32 Å². The van der Waals surface area contributed by atoms with Crippen LogP contribution in [0.2, 0.25) is 0 Å². The average molecular weight is 248 g/mol. The van der Waals surface area contributed by atoms with Crippen LogP contribution in [0.15, 0.2) is 24.3 Å². The summed E-state index contributed by atoms with van der Waals surface area (Å²) in [6.07, 6.45) is 2.46. The van der Waals surface area contributed by atoms with Crippen LogP contribution in [0.1, 0.15) is 33.6 Å². The number of rotatable bonds is 5. The molecule has 0 radical (unpaired) electrons. The van der Waals surface area contributed by atoms with Crippen molar-refractivity contribution in [2.75, 3.05) is 5.32 Å². The number of fused-ring (bicyclic) bond motifs is 1. The summed E-state index contributed by atoms with van der Waals surface area (Å²) in [7, 11) is 0. The third kappa shape index (κ3) is 2.97. The predicted octanol–water partition coefficient (Wildman–Crippen LogP) is 4.53. The Labute approximate surface area is 107 Å². The van der Waals surface area contributed by atoms with Gasteiger partial charge in [0.2, 0.25) is 0 Å². The Morgan fingerprint density at radius 2 is 2.06 bits per heavy atom. The Hall–Kier alpha value is -1.09. The zero-order valence-electron chi connectivity index (χ0n) is 10.7. The summed E-state index contributed by atoms with van der Waals surface area (Å²) in [6.45, 7) is 6.81. The molecule has 92 valence electrons. The maximum atomic E-state index is 4.45. The third-order valence-electron chi connectivity index (χ3n) is 3.21. The van der Waals surface area contributed by atoms with Crippen LogP contribution in [0, 0.1) is 5.92 Å². The predicted molar refractivity (Wildman–Crippen MR) is 76.8 cm³/mol. The van der Waals surface area contributed by atoms with Crippen molar-refractivity contribution in [3.8, 4) is 0 Å².